The van der Waals surface area contributed by atoms with Gasteiger partial charge in [0.05, 0.1) is 13.1 Å². The normalized spacial score (nSPS) is 15.0. The van der Waals surface area contributed by atoms with E-state index in [4.69, 9.17) is 10.5 Å². The molecule has 28 heavy (non-hydrogen) atoms. The second-order valence-electron chi connectivity index (χ2n) is 7.46. The molecule has 0 spiro atoms. The van der Waals surface area contributed by atoms with E-state index in [0.29, 0.717) is 43.5 Å². The predicted molar refractivity (Wildman–Crippen MR) is 110 cm³/mol. The Labute approximate surface area is 166 Å². The summed E-state index contributed by atoms with van der Waals surface area (Å²) in [5, 5.41) is 0. The van der Waals surface area contributed by atoms with Crippen LogP contribution in [0.1, 0.15) is 39.2 Å². The Balaban J connectivity index is 2.01. The quantitative estimate of drug-likeness (QED) is 0.376. The molecule has 6 nitrogen and oxygen atoms in total. The minimum Gasteiger partial charge on any atom is -0.444 e. The summed E-state index contributed by atoms with van der Waals surface area (Å²) in [7, 11) is 0. The topological polar surface area (TPSA) is 85.0 Å². The highest BCUT2D eigenvalue weighted by molar-refractivity contribution is 6.36. The van der Waals surface area contributed by atoms with Crippen LogP contribution in [0.3, 0.4) is 0 Å². The van der Waals surface area contributed by atoms with E-state index in [1.807, 2.05) is 51.1 Å². The van der Waals surface area contributed by atoms with Gasteiger partial charge in [0.15, 0.2) is 6.29 Å². The third kappa shape index (κ3) is 6.58. The molecule has 2 N–H and O–H groups in total. The van der Waals surface area contributed by atoms with Crippen LogP contribution in [-0.4, -0.2) is 48.2 Å². The summed E-state index contributed by atoms with van der Waals surface area (Å²) in [5.74, 6) is 6.10. The number of ether oxygens (including phenoxy) is 1. The molecule has 0 aliphatic carbocycles. The van der Waals surface area contributed by atoms with Crippen molar-refractivity contribution in [3.63, 3.8) is 0 Å². The van der Waals surface area contributed by atoms with Crippen LogP contribution in [0.5, 0.6) is 0 Å². The molecule has 6 heteroatoms. The molecule has 0 bridgehead atoms. The van der Waals surface area contributed by atoms with Gasteiger partial charge in [0, 0.05) is 36.2 Å². The van der Waals surface area contributed by atoms with Crippen molar-refractivity contribution in [1.29, 1.82) is 0 Å². The van der Waals surface area contributed by atoms with E-state index in [0.717, 1.165) is 5.56 Å². The number of nitrogens with two attached hydrogens (primary N) is 1. The first-order valence-electron chi connectivity index (χ1n) is 9.29. The van der Waals surface area contributed by atoms with Gasteiger partial charge in [-0.3, -0.25) is 9.79 Å². The van der Waals surface area contributed by atoms with Crippen LogP contribution in [0.15, 0.2) is 46.6 Å². The molecule has 1 aliphatic rings. The van der Waals surface area contributed by atoms with Gasteiger partial charge >= 0.3 is 6.09 Å². The Hall–Kier alpha value is -3.07. The summed E-state index contributed by atoms with van der Waals surface area (Å²) in [6.45, 7) is 6.50. The molecular weight excluding hydrogens is 354 g/mol. The smallest absolute Gasteiger partial charge is 0.410 e. The van der Waals surface area contributed by atoms with E-state index in [-0.39, 0.29) is 12.3 Å². The second kappa shape index (κ2) is 9.75. The van der Waals surface area contributed by atoms with Gasteiger partial charge in [0.25, 0.3) is 0 Å². The number of aldehydes is 1. The van der Waals surface area contributed by atoms with Crippen LogP contribution >= 0.6 is 0 Å². The van der Waals surface area contributed by atoms with Gasteiger partial charge in [-0.25, -0.2) is 4.79 Å². The van der Waals surface area contributed by atoms with Gasteiger partial charge in [-0.15, -0.1) is 0 Å². The Morgan fingerprint density at radius 3 is 2.68 bits per heavy atom. The summed E-state index contributed by atoms with van der Waals surface area (Å²) < 4.78 is 5.41. The highest BCUT2D eigenvalue weighted by Crippen LogP contribution is 2.18. The predicted octanol–water partition coefficient (Wildman–Crippen LogP) is 2.92. The van der Waals surface area contributed by atoms with Crippen molar-refractivity contribution in [2.75, 3.05) is 19.6 Å². The van der Waals surface area contributed by atoms with Crippen molar-refractivity contribution < 1.29 is 14.3 Å². The molecule has 1 aromatic carbocycles. The molecule has 0 fully saturated rings. The standard InChI is InChI=1S/C22H27N3O3/c1-22(2,3)28-21(27)25-14-12-19(23)18(15-25)20(16-26)24-13-8-7-11-17-9-5-4-6-10-17/h4-6,9-10,16H,8,12-15,23H2,1-3H3. The van der Waals surface area contributed by atoms with E-state index in [1.165, 1.54) is 0 Å². The molecule has 148 valence electrons. The number of amides is 1. The van der Waals surface area contributed by atoms with E-state index in [1.54, 1.807) is 4.90 Å². The minimum absolute atomic E-state index is 0.216. The van der Waals surface area contributed by atoms with Crippen LogP contribution in [0, 0.1) is 11.8 Å². The lowest BCUT2D eigenvalue weighted by Gasteiger charge is -2.31. The Kier molecular flexibility index (Phi) is 7.39. The van der Waals surface area contributed by atoms with Crippen molar-refractivity contribution in [2.45, 2.75) is 39.2 Å². The van der Waals surface area contributed by atoms with Crippen molar-refractivity contribution in [2.24, 2.45) is 10.7 Å². The fourth-order valence-electron chi connectivity index (χ4n) is 2.63. The molecule has 0 unspecified atom stereocenters. The van der Waals surface area contributed by atoms with E-state index in [2.05, 4.69) is 16.8 Å². The van der Waals surface area contributed by atoms with Gasteiger partial charge in [-0.2, -0.15) is 0 Å². The van der Waals surface area contributed by atoms with E-state index in [9.17, 15) is 9.59 Å². The number of hydrogen-bond donors (Lipinski definition) is 1. The number of aliphatic imine (C=N–C) groups is 1. The molecule has 1 aromatic rings. The minimum atomic E-state index is -0.580. The Bertz CT molecular complexity index is 824. The molecular formula is C22H27N3O3. The molecule has 0 aromatic heterocycles. The number of carbonyl (C=O) groups is 2. The zero-order valence-electron chi connectivity index (χ0n) is 16.7. The molecule has 1 aliphatic heterocycles. The Morgan fingerprint density at radius 2 is 2.04 bits per heavy atom. The fraction of sp³-hybridized carbons (Fsp3) is 0.409. The van der Waals surface area contributed by atoms with Crippen LogP contribution in [0.4, 0.5) is 4.79 Å². The monoisotopic (exact) mass is 381 g/mol. The Morgan fingerprint density at radius 1 is 1.32 bits per heavy atom. The molecule has 0 atom stereocenters. The molecule has 0 saturated heterocycles. The van der Waals surface area contributed by atoms with Crippen molar-refractivity contribution in [3.05, 3.63) is 47.2 Å². The first-order valence-corrected chi connectivity index (χ1v) is 9.29. The number of carbonyl (C=O) groups excluding carboxylic acids is 2. The van der Waals surface area contributed by atoms with Gasteiger partial charge in [0.1, 0.15) is 11.3 Å². The molecule has 1 amide bonds. The van der Waals surface area contributed by atoms with E-state index >= 15 is 0 Å². The molecule has 1 heterocycles. The van der Waals surface area contributed by atoms with E-state index < -0.39 is 11.7 Å². The number of benzene rings is 1. The average Bonchev–Trinajstić information content (AvgIpc) is 2.65. The molecule has 2 rings (SSSR count). The van der Waals surface area contributed by atoms with Crippen molar-refractivity contribution in [1.82, 2.24) is 4.90 Å². The summed E-state index contributed by atoms with van der Waals surface area (Å²) in [6.07, 6.45) is 1.27. The third-order valence-electron chi connectivity index (χ3n) is 3.99. The van der Waals surface area contributed by atoms with Crippen LogP contribution in [0.25, 0.3) is 0 Å². The number of nitrogens with zero attached hydrogens (tertiary/aromatic N) is 2. The van der Waals surface area contributed by atoms with Crippen LogP contribution < -0.4 is 5.73 Å². The van der Waals surface area contributed by atoms with Gasteiger partial charge < -0.3 is 15.4 Å². The second-order valence-corrected chi connectivity index (χ2v) is 7.46. The highest BCUT2D eigenvalue weighted by atomic mass is 16.6. The lowest BCUT2D eigenvalue weighted by atomic mass is 10.0. The van der Waals surface area contributed by atoms with Crippen LogP contribution in [-0.2, 0) is 9.53 Å². The maximum absolute atomic E-state index is 12.3. The lowest BCUT2D eigenvalue weighted by Crippen LogP contribution is -2.43. The first kappa shape index (κ1) is 21.2. The van der Waals surface area contributed by atoms with Gasteiger partial charge in [-0.1, -0.05) is 30.0 Å². The summed E-state index contributed by atoms with van der Waals surface area (Å²) in [4.78, 5) is 29.7. The van der Waals surface area contributed by atoms with Gasteiger partial charge in [-0.05, 0) is 32.9 Å². The summed E-state index contributed by atoms with van der Waals surface area (Å²) in [6, 6.07) is 9.68. The zero-order valence-corrected chi connectivity index (χ0v) is 16.7. The van der Waals surface area contributed by atoms with Gasteiger partial charge in [0.2, 0.25) is 0 Å². The van der Waals surface area contributed by atoms with Crippen LogP contribution in [0.2, 0.25) is 0 Å². The lowest BCUT2D eigenvalue weighted by molar-refractivity contribution is -0.102. The number of rotatable bonds is 4. The maximum atomic E-state index is 12.3. The SMILES string of the molecule is CC(C)(C)OC(=O)N1CCC(N)=C(C(C=O)=NCCC#Cc2ccccc2)C1. The molecule has 0 saturated carbocycles. The molecule has 0 radical (unpaired) electrons. The summed E-state index contributed by atoms with van der Waals surface area (Å²) >= 11 is 0. The fourth-order valence-corrected chi connectivity index (χ4v) is 2.63. The number of hydrogen-bond acceptors (Lipinski definition) is 5. The average molecular weight is 381 g/mol. The first-order chi connectivity index (χ1) is 13.3. The maximum Gasteiger partial charge on any atom is 0.410 e. The zero-order chi connectivity index (χ0) is 20.6. The van der Waals surface area contributed by atoms with Crippen molar-refractivity contribution in [3.8, 4) is 11.8 Å². The third-order valence-corrected chi connectivity index (χ3v) is 3.99. The summed E-state index contributed by atoms with van der Waals surface area (Å²) in [5.41, 5.74) is 7.88. The van der Waals surface area contributed by atoms with Crippen molar-refractivity contribution >= 4 is 18.1 Å². The largest absolute Gasteiger partial charge is 0.444 e. The highest BCUT2D eigenvalue weighted by Gasteiger charge is 2.27.